The summed E-state index contributed by atoms with van der Waals surface area (Å²) in [6.07, 6.45) is 10.3. The number of nitrogens with one attached hydrogen (secondary N) is 1. The third-order valence-electron chi connectivity index (χ3n) is 7.97. The van der Waals surface area contributed by atoms with E-state index in [0.717, 1.165) is 43.6 Å². The summed E-state index contributed by atoms with van der Waals surface area (Å²) in [4.78, 5) is 18.0. The maximum Gasteiger partial charge on any atom is 0.251 e. The van der Waals surface area contributed by atoms with Gasteiger partial charge in [-0.3, -0.25) is 14.6 Å². The number of likely N-dealkylation sites (tertiary alicyclic amines) is 1. The van der Waals surface area contributed by atoms with Gasteiger partial charge in [-0.2, -0.15) is 0 Å². The molecule has 1 aliphatic carbocycles. The third kappa shape index (κ3) is 4.91. The van der Waals surface area contributed by atoms with Crippen LogP contribution in [0.2, 0.25) is 0 Å². The highest BCUT2D eigenvalue weighted by atomic mass is 16.3. The van der Waals surface area contributed by atoms with Crippen LogP contribution in [0.4, 0.5) is 0 Å². The zero-order valence-electron chi connectivity index (χ0n) is 20.0. The predicted molar refractivity (Wildman–Crippen MR) is 136 cm³/mol. The number of benzene rings is 2. The fourth-order valence-electron chi connectivity index (χ4n) is 6.35. The average molecular weight is 460 g/mol. The fourth-order valence-corrected chi connectivity index (χ4v) is 6.35. The van der Waals surface area contributed by atoms with Gasteiger partial charge in [-0.15, -0.1) is 6.58 Å². The SMILES string of the molecule is C=CCN1C2CCCC1CN(C(c1ccc(C(=O)NC3CCCC3)cc1)c1cccc(O)c1)C2. The standard InChI is InChI=1S/C29H37N3O2/c1-2-17-32-25-10-6-11-26(32)20-31(19-25)28(23-7-5-12-27(33)18-23)21-13-15-22(16-14-21)29(34)30-24-8-3-4-9-24/h2,5,7,12-16,18,24-26,28,33H,1,3-4,6,8-11,17,19-20H2,(H,30,34). The molecule has 3 fully saturated rings. The monoisotopic (exact) mass is 459 g/mol. The minimum absolute atomic E-state index is 0.0277. The minimum atomic E-state index is 0.0277. The van der Waals surface area contributed by atoms with Crippen LogP contribution >= 0.6 is 0 Å². The molecule has 180 valence electrons. The highest BCUT2D eigenvalue weighted by Gasteiger charge is 2.39. The van der Waals surface area contributed by atoms with Gasteiger partial charge in [0.1, 0.15) is 5.75 Å². The van der Waals surface area contributed by atoms with Crippen LogP contribution in [0, 0.1) is 0 Å². The molecule has 2 heterocycles. The van der Waals surface area contributed by atoms with E-state index in [2.05, 4.69) is 39.9 Å². The van der Waals surface area contributed by atoms with Crippen LogP contribution in [0.25, 0.3) is 0 Å². The zero-order valence-corrected chi connectivity index (χ0v) is 20.0. The molecule has 1 saturated carbocycles. The Kier molecular flexibility index (Phi) is 7.02. The van der Waals surface area contributed by atoms with Crippen molar-refractivity contribution in [1.82, 2.24) is 15.1 Å². The molecule has 0 spiro atoms. The number of fused-ring (bicyclic) bond motifs is 2. The summed E-state index contributed by atoms with van der Waals surface area (Å²) in [5.41, 5.74) is 2.98. The molecule has 34 heavy (non-hydrogen) atoms. The van der Waals surface area contributed by atoms with Gasteiger partial charge in [-0.05, 0) is 61.1 Å². The van der Waals surface area contributed by atoms with Crippen LogP contribution in [-0.4, -0.2) is 58.6 Å². The maximum atomic E-state index is 12.8. The Hall–Kier alpha value is -2.63. The Labute approximate surface area is 203 Å². The van der Waals surface area contributed by atoms with Crippen molar-refractivity contribution in [2.24, 2.45) is 0 Å². The number of piperidine rings is 1. The molecular formula is C29H37N3O2. The Morgan fingerprint density at radius 3 is 2.35 bits per heavy atom. The van der Waals surface area contributed by atoms with Crippen LogP contribution in [0.3, 0.4) is 0 Å². The zero-order chi connectivity index (χ0) is 23.5. The van der Waals surface area contributed by atoms with E-state index in [1.54, 1.807) is 6.07 Å². The maximum absolute atomic E-state index is 12.8. The van der Waals surface area contributed by atoms with Crippen LogP contribution in [0.1, 0.15) is 72.5 Å². The van der Waals surface area contributed by atoms with Gasteiger partial charge in [0.15, 0.2) is 0 Å². The molecule has 5 nitrogen and oxygen atoms in total. The van der Waals surface area contributed by atoms with Crippen LogP contribution < -0.4 is 5.32 Å². The van der Waals surface area contributed by atoms with Gasteiger partial charge >= 0.3 is 0 Å². The normalized spacial score (nSPS) is 24.6. The van der Waals surface area contributed by atoms with E-state index in [-0.39, 0.29) is 11.9 Å². The molecule has 2 N–H and O–H groups in total. The van der Waals surface area contributed by atoms with Crippen molar-refractivity contribution in [2.75, 3.05) is 19.6 Å². The number of amides is 1. The molecule has 2 bridgehead atoms. The molecule has 0 radical (unpaired) electrons. The number of carbonyl (C=O) groups is 1. The molecule has 3 aliphatic rings. The highest BCUT2D eigenvalue weighted by Crippen LogP contribution is 2.37. The second-order valence-electron chi connectivity index (χ2n) is 10.3. The Morgan fingerprint density at radius 2 is 1.71 bits per heavy atom. The van der Waals surface area contributed by atoms with Crippen molar-refractivity contribution in [3.05, 3.63) is 77.9 Å². The van der Waals surface area contributed by atoms with Gasteiger partial charge in [0.25, 0.3) is 5.91 Å². The van der Waals surface area contributed by atoms with Crippen molar-refractivity contribution in [2.45, 2.75) is 69.1 Å². The number of nitrogens with zero attached hydrogens (tertiary/aromatic N) is 2. The van der Waals surface area contributed by atoms with E-state index >= 15 is 0 Å². The summed E-state index contributed by atoms with van der Waals surface area (Å²) in [7, 11) is 0. The van der Waals surface area contributed by atoms with E-state index in [9.17, 15) is 9.90 Å². The van der Waals surface area contributed by atoms with Gasteiger partial charge in [-0.25, -0.2) is 0 Å². The predicted octanol–water partition coefficient (Wildman–Crippen LogP) is 4.88. The number of aromatic hydroxyl groups is 1. The quantitative estimate of drug-likeness (QED) is 0.580. The summed E-state index contributed by atoms with van der Waals surface area (Å²) in [5.74, 6) is 0.320. The Balaban J connectivity index is 1.41. The fraction of sp³-hybridized carbons (Fsp3) is 0.483. The summed E-state index contributed by atoms with van der Waals surface area (Å²) in [6.45, 7) is 6.92. The van der Waals surface area contributed by atoms with Crippen LogP contribution in [-0.2, 0) is 0 Å². The summed E-state index contributed by atoms with van der Waals surface area (Å²) in [6, 6.07) is 17.2. The lowest BCUT2D eigenvalue weighted by atomic mass is 9.87. The van der Waals surface area contributed by atoms with E-state index in [0.29, 0.717) is 23.9 Å². The van der Waals surface area contributed by atoms with Crippen LogP contribution in [0.5, 0.6) is 5.75 Å². The van der Waals surface area contributed by atoms with Crippen molar-refractivity contribution < 1.29 is 9.90 Å². The summed E-state index contributed by atoms with van der Waals surface area (Å²) in [5, 5.41) is 13.4. The summed E-state index contributed by atoms with van der Waals surface area (Å²) < 4.78 is 0. The lowest BCUT2D eigenvalue weighted by molar-refractivity contribution is -0.0128. The largest absolute Gasteiger partial charge is 0.508 e. The van der Waals surface area contributed by atoms with Crippen LogP contribution in [0.15, 0.2) is 61.2 Å². The van der Waals surface area contributed by atoms with Crippen molar-refractivity contribution in [1.29, 1.82) is 0 Å². The number of piperazine rings is 1. The minimum Gasteiger partial charge on any atom is -0.508 e. The van der Waals surface area contributed by atoms with E-state index < -0.39 is 0 Å². The lowest BCUT2D eigenvalue weighted by Crippen LogP contribution is -2.61. The van der Waals surface area contributed by atoms with Gasteiger partial charge in [-0.1, -0.05) is 49.6 Å². The Morgan fingerprint density at radius 1 is 1.00 bits per heavy atom. The second-order valence-corrected chi connectivity index (χ2v) is 10.3. The number of phenolic OH excluding ortho intramolecular Hbond substituents is 1. The second kappa shape index (κ2) is 10.3. The first-order chi connectivity index (χ1) is 16.6. The first-order valence-corrected chi connectivity index (χ1v) is 12.9. The molecule has 1 amide bonds. The van der Waals surface area contributed by atoms with Gasteiger partial charge in [0.05, 0.1) is 6.04 Å². The van der Waals surface area contributed by atoms with Crippen molar-refractivity contribution in [3.8, 4) is 5.75 Å². The molecule has 5 heteroatoms. The highest BCUT2D eigenvalue weighted by molar-refractivity contribution is 5.94. The number of rotatable bonds is 7. The molecule has 2 aliphatic heterocycles. The van der Waals surface area contributed by atoms with Crippen molar-refractivity contribution >= 4 is 5.91 Å². The number of carbonyl (C=O) groups excluding carboxylic acids is 1. The first kappa shape index (κ1) is 23.1. The molecule has 3 unspecified atom stereocenters. The number of hydrogen-bond donors (Lipinski definition) is 2. The van der Waals surface area contributed by atoms with Gasteiger partial charge in [0, 0.05) is 43.3 Å². The molecule has 0 aromatic heterocycles. The van der Waals surface area contributed by atoms with Crippen molar-refractivity contribution in [3.63, 3.8) is 0 Å². The smallest absolute Gasteiger partial charge is 0.251 e. The molecule has 5 rings (SSSR count). The molecule has 3 atom stereocenters. The van der Waals surface area contributed by atoms with E-state index in [1.165, 1.54) is 37.7 Å². The topological polar surface area (TPSA) is 55.8 Å². The summed E-state index contributed by atoms with van der Waals surface area (Å²) >= 11 is 0. The average Bonchev–Trinajstić information content (AvgIpc) is 3.33. The number of hydrogen-bond acceptors (Lipinski definition) is 4. The van der Waals surface area contributed by atoms with E-state index in [4.69, 9.17) is 0 Å². The van der Waals surface area contributed by atoms with Gasteiger partial charge in [0.2, 0.25) is 0 Å². The van der Waals surface area contributed by atoms with E-state index in [1.807, 2.05) is 30.3 Å². The first-order valence-electron chi connectivity index (χ1n) is 12.9. The molecular weight excluding hydrogens is 422 g/mol. The molecule has 2 aromatic rings. The molecule has 2 saturated heterocycles. The van der Waals surface area contributed by atoms with Gasteiger partial charge < -0.3 is 10.4 Å². The lowest BCUT2D eigenvalue weighted by Gasteiger charge is -2.52. The number of phenols is 1. The third-order valence-corrected chi connectivity index (χ3v) is 7.97. The Bertz CT molecular complexity index is 985. The molecule has 2 aromatic carbocycles.